The predicted molar refractivity (Wildman–Crippen MR) is 54.5 cm³/mol. The maximum absolute atomic E-state index is 12.2. The van der Waals surface area contributed by atoms with Gasteiger partial charge < -0.3 is 9.64 Å². The van der Waals surface area contributed by atoms with Gasteiger partial charge in [-0.05, 0) is 27.7 Å². The fraction of sp³-hybridized carbons (Fsp3) is 0.800. The number of ether oxygens (including phenoxy) is 1. The average Bonchev–Trinajstić information content (AvgIpc) is 2.17. The van der Waals surface area contributed by atoms with Gasteiger partial charge in [0.1, 0.15) is 0 Å². The first-order chi connectivity index (χ1) is 7.26. The lowest BCUT2D eigenvalue weighted by Crippen LogP contribution is -2.45. The van der Waals surface area contributed by atoms with E-state index in [0.717, 1.165) is 13.8 Å². The molecule has 0 aromatic carbocycles. The molecule has 0 aliphatic carbocycles. The second-order valence-electron chi connectivity index (χ2n) is 3.72. The number of nitrogens with zero attached hydrogens (tertiary/aromatic N) is 1. The lowest BCUT2D eigenvalue weighted by Gasteiger charge is -2.27. The first kappa shape index (κ1) is 14.8. The smallest absolute Gasteiger partial charge is 0.410 e. The summed E-state index contributed by atoms with van der Waals surface area (Å²) in [6, 6.07) is 0. The molecule has 0 aromatic heterocycles. The molecule has 94 valence electrons. The summed E-state index contributed by atoms with van der Waals surface area (Å²) in [6.45, 7) is 6.56. The van der Waals surface area contributed by atoms with Crippen molar-refractivity contribution in [3.8, 4) is 0 Å². The highest BCUT2D eigenvalue weighted by Crippen LogP contribution is 2.17. The van der Waals surface area contributed by atoms with Crippen molar-refractivity contribution in [1.29, 1.82) is 0 Å². The molecule has 4 nitrogen and oxygen atoms in total. The Hall–Kier alpha value is -1.20. The normalized spacial score (nSPS) is 11.4. The van der Waals surface area contributed by atoms with Crippen LogP contribution in [0.25, 0.3) is 0 Å². The van der Waals surface area contributed by atoms with E-state index in [-0.39, 0.29) is 0 Å². The number of Topliss-reactive ketones (excluding diaryl/α,β-unsaturated/α-hetero) is 1. The van der Waals surface area contributed by atoms with E-state index in [1.54, 1.807) is 13.8 Å². The van der Waals surface area contributed by atoms with Gasteiger partial charge in [0.2, 0.25) is 5.78 Å². The van der Waals surface area contributed by atoms with Gasteiger partial charge in [-0.15, -0.1) is 0 Å². The van der Waals surface area contributed by atoms with Crippen molar-refractivity contribution >= 4 is 11.9 Å². The van der Waals surface area contributed by atoms with Crippen LogP contribution in [-0.4, -0.2) is 41.9 Å². The maximum atomic E-state index is 12.2. The Kier molecular flexibility index (Phi) is 5.33. The number of halogens is 2. The van der Waals surface area contributed by atoms with Gasteiger partial charge in [0.05, 0.1) is 0 Å². The van der Waals surface area contributed by atoms with Gasteiger partial charge in [-0.1, -0.05) is 0 Å². The minimum Gasteiger partial charge on any atom is -0.435 e. The molecule has 1 amide bonds. The summed E-state index contributed by atoms with van der Waals surface area (Å²) < 4.78 is 29.1. The van der Waals surface area contributed by atoms with Crippen molar-refractivity contribution in [1.82, 2.24) is 4.90 Å². The van der Waals surface area contributed by atoms with Gasteiger partial charge in [-0.25, -0.2) is 13.6 Å². The van der Waals surface area contributed by atoms with Crippen LogP contribution in [0.2, 0.25) is 0 Å². The van der Waals surface area contributed by atoms with E-state index < -0.39 is 23.9 Å². The molecular weight excluding hydrogens is 220 g/mol. The standard InChI is InChI=1S/C10H17F2NO3/c1-5-13(6-2)9(15)16-10(3,4)7(14)8(11)12/h8H,5-6H2,1-4H3. The van der Waals surface area contributed by atoms with Crippen molar-refractivity contribution < 1.29 is 23.1 Å². The van der Waals surface area contributed by atoms with Crippen LogP contribution in [0.4, 0.5) is 13.6 Å². The van der Waals surface area contributed by atoms with Gasteiger partial charge in [-0.2, -0.15) is 0 Å². The first-order valence-electron chi connectivity index (χ1n) is 5.06. The van der Waals surface area contributed by atoms with Crippen molar-refractivity contribution in [3.63, 3.8) is 0 Å². The number of carbonyl (C=O) groups excluding carboxylic acids is 2. The zero-order valence-corrected chi connectivity index (χ0v) is 9.92. The highest BCUT2D eigenvalue weighted by molar-refractivity contribution is 5.91. The highest BCUT2D eigenvalue weighted by atomic mass is 19.3. The first-order valence-corrected chi connectivity index (χ1v) is 5.06. The van der Waals surface area contributed by atoms with Crippen LogP contribution in [0.3, 0.4) is 0 Å². The third kappa shape index (κ3) is 3.75. The van der Waals surface area contributed by atoms with E-state index in [4.69, 9.17) is 4.74 Å². The van der Waals surface area contributed by atoms with Gasteiger partial charge >= 0.3 is 6.09 Å². The zero-order valence-electron chi connectivity index (χ0n) is 9.92. The summed E-state index contributed by atoms with van der Waals surface area (Å²) in [5.74, 6) is -1.40. The molecule has 0 spiro atoms. The Morgan fingerprint density at radius 2 is 1.69 bits per heavy atom. The van der Waals surface area contributed by atoms with Crippen molar-refractivity contribution in [2.45, 2.75) is 39.7 Å². The zero-order chi connectivity index (χ0) is 12.9. The van der Waals surface area contributed by atoms with E-state index >= 15 is 0 Å². The summed E-state index contributed by atoms with van der Waals surface area (Å²) in [4.78, 5) is 23.8. The van der Waals surface area contributed by atoms with Crippen molar-refractivity contribution in [3.05, 3.63) is 0 Å². The molecule has 0 saturated carbocycles. The summed E-state index contributed by atoms with van der Waals surface area (Å²) >= 11 is 0. The van der Waals surface area contributed by atoms with Crippen molar-refractivity contribution in [2.75, 3.05) is 13.1 Å². The second kappa shape index (κ2) is 5.77. The topological polar surface area (TPSA) is 46.6 Å². The monoisotopic (exact) mass is 237 g/mol. The number of hydrogen-bond donors (Lipinski definition) is 0. The number of ketones is 1. The van der Waals surface area contributed by atoms with E-state index in [9.17, 15) is 18.4 Å². The molecule has 0 unspecified atom stereocenters. The Morgan fingerprint density at radius 1 is 1.25 bits per heavy atom. The molecule has 0 aliphatic rings. The number of rotatable bonds is 5. The summed E-state index contributed by atoms with van der Waals surface area (Å²) in [6.07, 6.45) is -3.90. The third-order valence-electron chi connectivity index (χ3n) is 2.16. The van der Waals surface area contributed by atoms with Gasteiger partial charge in [0, 0.05) is 13.1 Å². The Bertz CT molecular complexity index is 263. The highest BCUT2D eigenvalue weighted by Gasteiger charge is 2.38. The largest absolute Gasteiger partial charge is 0.435 e. The number of amides is 1. The molecule has 0 heterocycles. The van der Waals surface area contributed by atoms with Crippen LogP contribution in [0.5, 0.6) is 0 Å². The van der Waals surface area contributed by atoms with Gasteiger partial charge in [0.25, 0.3) is 6.43 Å². The fourth-order valence-corrected chi connectivity index (χ4v) is 1.08. The predicted octanol–water partition coefficient (Wildman–Crippen LogP) is 2.08. The second-order valence-corrected chi connectivity index (χ2v) is 3.72. The molecule has 0 fully saturated rings. The Morgan fingerprint density at radius 3 is 2.00 bits per heavy atom. The van der Waals surface area contributed by atoms with Gasteiger partial charge in [-0.3, -0.25) is 4.79 Å². The van der Waals surface area contributed by atoms with Gasteiger partial charge in [0.15, 0.2) is 5.60 Å². The molecule has 0 saturated heterocycles. The number of hydrogen-bond acceptors (Lipinski definition) is 3. The van der Waals surface area contributed by atoms with E-state index in [1.165, 1.54) is 4.90 Å². The lowest BCUT2D eigenvalue weighted by molar-refractivity contribution is -0.146. The average molecular weight is 237 g/mol. The third-order valence-corrected chi connectivity index (χ3v) is 2.16. The molecular formula is C10H17F2NO3. The molecule has 0 rings (SSSR count). The molecule has 6 heteroatoms. The summed E-state index contributed by atoms with van der Waals surface area (Å²) in [5.41, 5.74) is -1.80. The molecule has 16 heavy (non-hydrogen) atoms. The summed E-state index contributed by atoms with van der Waals surface area (Å²) in [7, 11) is 0. The number of alkyl halides is 2. The molecule has 0 aliphatic heterocycles. The molecule has 0 radical (unpaired) electrons. The van der Waals surface area contributed by atoms with Crippen LogP contribution < -0.4 is 0 Å². The van der Waals surface area contributed by atoms with Crippen LogP contribution in [0, 0.1) is 0 Å². The SMILES string of the molecule is CCN(CC)C(=O)OC(C)(C)C(=O)C(F)F. The van der Waals surface area contributed by atoms with Crippen LogP contribution in [0.15, 0.2) is 0 Å². The minimum absolute atomic E-state index is 0.397. The minimum atomic E-state index is -3.14. The Labute approximate surface area is 93.6 Å². The van der Waals surface area contributed by atoms with Crippen LogP contribution >= 0.6 is 0 Å². The molecule has 0 bridgehead atoms. The van der Waals surface area contributed by atoms with Crippen LogP contribution in [-0.2, 0) is 9.53 Å². The molecule has 0 aromatic rings. The van der Waals surface area contributed by atoms with Crippen molar-refractivity contribution in [2.24, 2.45) is 0 Å². The lowest BCUT2D eigenvalue weighted by atomic mass is 10.0. The Balaban J connectivity index is 4.58. The van der Waals surface area contributed by atoms with E-state index in [1.807, 2.05) is 0 Å². The van der Waals surface area contributed by atoms with E-state index in [0.29, 0.717) is 13.1 Å². The molecule has 0 atom stereocenters. The fourth-order valence-electron chi connectivity index (χ4n) is 1.08. The van der Waals surface area contributed by atoms with Crippen LogP contribution in [0.1, 0.15) is 27.7 Å². The quantitative estimate of drug-likeness (QED) is 0.735. The van der Waals surface area contributed by atoms with E-state index in [2.05, 4.69) is 0 Å². The molecule has 0 N–H and O–H groups in total. The maximum Gasteiger partial charge on any atom is 0.410 e. The number of carbonyl (C=O) groups is 2. The summed E-state index contributed by atoms with van der Waals surface area (Å²) in [5, 5.41) is 0.